The Kier molecular flexibility index (Phi) is 4.48. The van der Waals surface area contributed by atoms with Crippen LogP contribution in [-0.2, 0) is 10.0 Å². The van der Waals surface area contributed by atoms with Gasteiger partial charge in [-0.25, -0.2) is 12.8 Å². The Morgan fingerprint density at radius 2 is 1.74 bits per heavy atom. The lowest BCUT2D eigenvalue weighted by atomic mass is 10.1. The molecule has 122 valence electrons. The summed E-state index contributed by atoms with van der Waals surface area (Å²) in [6, 6.07) is 14.8. The number of likely N-dealkylation sites (N-methyl/N-ethyl adjacent to an activating group) is 1. The average Bonchev–Trinajstić information content (AvgIpc) is 2.55. The molecule has 1 aliphatic heterocycles. The molecule has 1 unspecified atom stereocenters. The van der Waals surface area contributed by atoms with Gasteiger partial charge in [0, 0.05) is 0 Å². The van der Waals surface area contributed by atoms with Crippen LogP contribution >= 0.6 is 0 Å². The molecule has 2 aromatic carbocycles. The van der Waals surface area contributed by atoms with Crippen molar-refractivity contribution in [2.75, 3.05) is 26.7 Å². The molecule has 0 aromatic heterocycles. The van der Waals surface area contributed by atoms with E-state index in [4.69, 9.17) is 0 Å². The lowest BCUT2D eigenvalue weighted by molar-refractivity contribution is -0.887. The van der Waals surface area contributed by atoms with E-state index in [-0.39, 0.29) is 10.9 Å². The van der Waals surface area contributed by atoms with Gasteiger partial charge in [0.1, 0.15) is 10.7 Å². The van der Waals surface area contributed by atoms with Crippen LogP contribution in [0.4, 0.5) is 4.39 Å². The summed E-state index contributed by atoms with van der Waals surface area (Å²) in [4.78, 5) is 1.01. The number of nitrogens with zero attached hydrogens (tertiary/aromatic N) is 1. The zero-order valence-corrected chi connectivity index (χ0v) is 13.8. The van der Waals surface area contributed by atoms with E-state index in [1.54, 1.807) is 6.07 Å². The number of nitrogens with one attached hydrogen (secondary N) is 1. The third-order valence-corrected chi connectivity index (χ3v) is 6.20. The third-order valence-electron chi connectivity index (χ3n) is 4.26. The van der Waals surface area contributed by atoms with Gasteiger partial charge in [0.05, 0.1) is 32.7 Å². The summed E-state index contributed by atoms with van der Waals surface area (Å²) in [6.07, 6.45) is 0. The van der Waals surface area contributed by atoms with Gasteiger partial charge in [-0.3, -0.25) is 0 Å². The van der Waals surface area contributed by atoms with Crippen molar-refractivity contribution in [1.29, 1.82) is 0 Å². The Bertz CT molecular complexity index is 780. The molecule has 1 fully saturated rings. The molecule has 1 aliphatic rings. The molecule has 0 spiro atoms. The van der Waals surface area contributed by atoms with E-state index in [1.807, 2.05) is 37.4 Å². The molecule has 6 heteroatoms. The molecule has 3 rings (SSSR count). The number of halogens is 1. The van der Waals surface area contributed by atoms with E-state index in [1.165, 1.54) is 27.4 Å². The van der Waals surface area contributed by atoms with Crippen LogP contribution in [0.2, 0.25) is 0 Å². The van der Waals surface area contributed by atoms with Gasteiger partial charge in [-0.05, 0) is 17.7 Å². The summed E-state index contributed by atoms with van der Waals surface area (Å²) < 4.78 is 41.4. The highest BCUT2D eigenvalue weighted by Gasteiger charge is 2.39. The van der Waals surface area contributed by atoms with Crippen LogP contribution in [0.5, 0.6) is 0 Å². The Morgan fingerprint density at radius 3 is 2.43 bits per heavy atom. The van der Waals surface area contributed by atoms with E-state index in [9.17, 15) is 12.8 Å². The lowest BCUT2D eigenvalue weighted by Crippen LogP contribution is -3.12. The summed E-state index contributed by atoms with van der Waals surface area (Å²) in [7, 11) is -1.82. The molecule has 1 saturated heterocycles. The maximum Gasteiger partial charge on any atom is 0.246 e. The van der Waals surface area contributed by atoms with Crippen LogP contribution in [0.1, 0.15) is 11.6 Å². The second-order valence-corrected chi connectivity index (χ2v) is 7.74. The van der Waals surface area contributed by atoms with Crippen LogP contribution in [-0.4, -0.2) is 39.4 Å². The second kappa shape index (κ2) is 6.39. The summed E-state index contributed by atoms with van der Waals surface area (Å²) in [5, 5.41) is 0. The van der Waals surface area contributed by atoms with Gasteiger partial charge in [0.2, 0.25) is 10.0 Å². The monoisotopic (exact) mass is 335 g/mol. The Morgan fingerprint density at radius 1 is 1.09 bits per heavy atom. The number of hydrogen-bond acceptors (Lipinski definition) is 2. The molecule has 23 heavy (non-hydrogen) atoms. The van der Waals surface area contributed by atoms with Gasteiger partial charge < -0.3 is 4.90 Å². The Balaban J connectivity index is 2.03. The highest BCUT2D eigenvalue weighted by atomic mass is 32.2. The fourth-order valence-corrected chi connectivity index (χ4v) is 4.70. The molecule has 2 aromatic rings. The Labute approximate surface area is 136 Å². The predicted molar refractivity (Wildman–Crippen MR) is 86.1 cm³/mol. The van der Waals surface area contributed by atoms with Crippen LogP contribution in [0.25, 0.3) is 0 Å². The molecule has 0 bridgehead atoms. The summed E-state index contributed by atoms with van der Waals surface area (Å²) in [6.45, 7) is 1.75. The molecular weight excluding hydrogens is 315 g/mol. The minimum atomic E-state index is -3.87. The molecule has 0 aliphatic carbocycles. The van der Waals surface area contributed by atoms with Crippen molar-refractivity contribution >= 4 is 10.0 Å². The first-order chi connectivity index (χ1) is 11.0. The molecule has 0 amide bonds. The molecule has 0 radical (unpaired) electrons. The summed E-state index contributed by atoms with van der Waals surface area (Å²) in [5.74, 6) is -0.703. The number of rotatable bonds is 3. The minimum absolute atomic E-state index is 0.250. The predicted octanol–water partition coefficient (Wildman–Crippen LogP) is 1.09. The molecule has 1 N–H and O–H groups in total. The first kappa shape index (κ1) is 16.1. The number of hydrogen-bond donors (Lipinski definition) is 1. The number of quaternary nitrogens is 1. The van der Waals surface area contributed by atoms with Crippen molar-refractivity contribution in [3.8, 4) is 0 Å². The lowest BCUT2D eigenvalue weighted by Gasteiger charge is -2.37. The zero-order valence-electron chi connectivity index (χ0n) is 12.9. The molecule has 4 nitrogen and oxygen atoms in total. The standard InChI is InChI=1S/C17H19FN2O2S/c1-19-11-12-20(16(13-19)14-7-3-2-4-8-14)23(21,22)17-10-6-5-9-15(17)18/h2-10,16H,11-13H2,1H3/p+1/t16-/m0/s1. The van der Waals surface area contributed by atoms with Gasteiger partial charge in [-0.15, -0.1) is 0 Å². The fraction of sp³-hybridized carbons (Fsp3) is 0.294. The largest absolute Gasteiger partial charge is 0.335 e. The zero-order chi connectivity index (χ0) is 16.4. The smallest absolute Gasteiger partial charge is 0.246 e. The first-order valence-electron chi connectivity index (χ1n) is 7.63. The van der Waals surface area contributed by atoms with E-state index >= 15 is 0 Å². The van der Waals surface area contributed by atoms with E-state index in [2.05, 4.69) is 0 Å². The van der Waals surface area contributed by atoms with Crippen LogP contribution in [0, 0.1) is 5.82 Å². The first-order valence-corrected chi connectivity index (χ1v) is 9.07. The minimum Gasteiger partial charge on any atom is -0.335 e. The van der Waals surface area contributed by atoms with Crippen molar-refractivity contribution in [1.82, 2.24) is 4.31 Å². The van der Waals surface area contributed by atoms with Crippen LogP contribution in [0.3, 0.4) is 0 Å². The second-order valence-electron chi connectivity index (χ2n) is 5.88. The average molecular weight is 335 g/mol. The normalized spacial score (nSPS) is 22.9. The van der Waals surface area contributed by atoms with Crippen LogP contribution in [0.15, 0.2) is 59.5 Å². The summed E-state index contributed by atoms with van der Waals surface area (Å²) >= 11 is 0. The van der Waals surface area contributed by atoms with Gasteiger partial charge in [0.15, 0.2) is 0 Å². The third kappa shape index (κ3) is 3.15. The molecule has 2 atom stereocenters. The van der Waals surface area contributed by atoms with Crippen molar-refractivity contribution < 1.29 is 17.7 Å². The maximum atomic E-state index is 14.0. The number of piperazine rings is 1. The molecule has 0 saturated carbocycles. The van der Waals surface area contributed by atoms with E-state index in [0.29, 0.717) is 19.6 Å². The Hall–Kier alpha value is -1.76. The molecular formula is C17H20FN2O2S+. The number of benzene rings is 2. The van der Waals surface area contributed by atoms with Gasteiger partial charge in [-0.1, -0.05) is 42.5 Å². The van der Waals surface area contributed by atoms with Crippen molar-refractivity contribution in [3.63, 3.8) is 0 Å². The van der Waals surface area contributed by atoms with Gasteiger partial charge in [-0.2, -0.15) is 4.31 Å². The van der Waals surface area contributed by atoms with Gasteiger partial charge in [0.25, 0.3) is 0 Å². The van der Waals surface area contributed by atoms with Crippen molar-refractivity contribution in [2.24, 2.45) is 0 Å². The van der Waals surface area contributed by atoms with Crippen LogP contribution < -0.4 is 4.90 Å². The highest BCUT2D eigenvalue weighted by Crippen LogP contribution is 2.28. The van der Waals surface area contributed by atoms with Crippen molar-refractivity contribution in [3.05, 3.63) is 66.0 Å². The SMILES string of the molecule is C[NH+]1CCN(S(=O)(=O)c2ccccc2F)[C@H](c2ccccc2)C1. The van der Waals surface area contributed by atoms with Gasteiger partial charge >= 0.3 is 0 Å². The van der Waals surface area contributed by atoms with E-state index in [0.717, 1.165) is 5.56 Å². The number of sulfonamides is 1. The fourth-order valence-electron chi connectivity index (χ4n) is 3.02. The summed E-state index contributed by atoms with van der Waals surface area (Å²) in [5.41, 5.74) is 0.937. The van der Waals surface area contributed by atoms with Crippen molar-refractivity contribution in [2.45, 2.75) is 10.9 Å². The quantitative estimate of drug-likeness (QED) is 0.912. The molecule has 1 heterocycles. The topological polar surface area (TPSA) is 41.8 Å². The maximum absolute atomic E-state index is 14.0. The van der Waals surface area contributed by atoms with E-state index < -0.39 is 15.8 Å². The highest BCUT2D eigenvalue weighted by molar-refractivity contribution is 7.89.